The second kappa shape index (κ2) is 5.58. The van der Waals surface area contributed by atoms with Gasteiger partial charge in [0.25, 0.3) is 0 Å². The number of carbonyl (C=O) groups excluding carboxylic acids is 1. The van der Waals surface area contributed by atoms with E-state index in [0.29, 0.717) is 22.7 Å². The molecule has 0 fully saturated rings. The normalized spacial score (nSPS) is 10.3. The molecule has 0 saturated heterocycles. The molecule has 0 amide bonds. The maximum atomic E-state index is 12.5. The van der Waals surface area contributed by atoms with E-state index in [0.717, 1.165) is 5.56 Å². The van der Waals surface area contributed by atoms with Crippen LogP contribution in [0.1, 0.15) is 16.1 Å². The lowest BCUT2D eigenvalue weighted by Gasteiger charge is -2.02. The third-order valence-corrected chi connectivity index (χ3v) is 3.16. The van der Waals surface area contributed by atoms with Gasteiger partial charge in [0.15, 0.2) is 5.69 Å². The van der Waals surface area contributed by atoms with Crippen molar-refractivity contribution in [3.8, 4) is 17.0 Å². The van der Waals surface area contributed by atoms with Gasteiger partial charge in [-0.25, -0.2) is 0 Å². The highest BCUT2D eigenvalue weighted by molar-refractivity contribution is 6.10. The summed E-state index contributed by atoms with van der Waals surface area (Å²) in [5.41, 5.74) is 2.26. The molecule has 1 heterocycles. The molecule has 0 aliphatic heterocycles. The molecule has 1 aromatic heterocycles. The van der Waals surface area contributed by atoms with Crippen molar-refractivity contribution >= 4 is 5.78 Å². The molecule has 0 atom stereocenters. The first-order valence-electron chi connectivity index (χ1n) is 6.44. The molecule has 21 heavy (non-hydrogen) atoms. The van der Waals surface area contributed by atoms with Crippen molar-refractivity contribution < 1.29 is 9.53 Å². The van der Waals surface area contributed by atoms with Crippen LogP contribution in [0.3, 0.4) is 0 Å². The predicted octanol–water partition coefficient (Wildman–Crippen LogP) is 2.71. The van der Waals surface area contributed by atoms with Gasteiger partial charge in [0.05, 0.1) is 7.11 Å². The lowest BCUT2D eigenvalue weighted by atomic mass is 10.0. The van der Waals surface area contributed by atoms with Crippen molar-refractivity contribution in [2.45, 2.75) is 0 Å². The molecule has 0 bridgehead atoms. The fraction of sp³-hybridized carbons (Fsp3) is 0.0625. The number of nitrogens with one attached hydrogen (secondary N) is 1. The number of nitrogens with zero attached hydrogens (tertiary/aromatic N) is 2. The quantitative estimate of drug-likeness (QED) is 0.746. The van der Waals surface area contributed by atoms with Crippen LogP contribution in [0.15, 0.2) is 54.6 Å². The first-order valence-corrected chi connectivity index (χ1v) is 6.44. The minimum Gasteiger partial charge on any atom is -0.497 e. The lowest BCUT2D eigenvalue weighted by Crippen LogP contribution is -2.04. The standard InChI is InChI=1S/C16H13N3O2/c1-21-13-9-7-12(8-10-13)16(20)15-14(17-19-18-15)11-5-3-2-4-6-11/h2-10H,1H3,(H,17,18,19). The van der Waals surface area contributed by atoms with Crippen molar-refractivity contribution in [2.24, 2.45) is 0 Å². The van der Waals surface area contributed by atoms with Crippen LogP contribution in [0, 0.1) is 0 Å². The first-order chi connectivity index (χ1) is 10.3. The predicted molar refractivity (Wildman–Crippen MR) is 78.2 cm³/mol. The van der Waals surface area contributed by atoms with E-state index < -0.39 is 0 Å². The van der Waals surface area contributed by atoms with Crippen LogP contribution in [-0.2, 0) is 0 Å². The van der Waals surface area contributed by atoms with Crippen LogP contribution in [0.2, 0.25) is 0 Å². The Hall–Kier alpha value is -2.95. The molecule has 5 heteroatoms. The van der Waals surface area contributed by atoms with E-state index in [1.54, 1.807) is 31.4 Å². The van der Waals surface area contributed by atoms with E-state index in [-0.39, 0.29) is 5.78 Å². The highest BCUT2D eigenvalue weighted by atomic mass is 16.5. The Labute approximate surface area is 121 Å². The number of hydrogen-bond donors (Lipinski definition) is 1. The van der Waals surface area contributed by atoms with Crippen LogP contribution in [0.4, 0.5) is 0 Å². The Kier molecular flexibility index (Phi) is 3.47. The average Bonchev–Trinajstić information content (AvgIpc) is 3.04. The van der Waals surface area contributed by atoms with Crippen LogP contribution >= 0.6 is 0 Å². The van der Waals surface area contributed by atoms with Crippen molar-refractivity contribution in [2.75, 3.05) is 7.11 Å². The Balaban J connectivity index is 1.97. The van der Waals surface area contributed by atoms with E-state index in [9.17, 15) is 4.79 Å². The summed E-state index contributed by atoms with van der Waals surface area (Å²) in [4.78, 5) is 12.5. The van der Waals surface area contributed by atoms with Crippen molar-refractivity contribution in [3.63, 3.8) is 0 Å². The number of rotatable bonds is 4. The molecule has 104 valence electrons. The molecule has 0 spiro atoms. The molecule has 1 N–H and O–H groups in total. The van der Waals surface area contributed by atoms with E-state index in [4.69, 9.17) is 4.74 Å². The molecular formula is C16H13N3O2. The molecule has 2 aromatic carbocycles. The summed E-state index contributed by atoms with van der Waals surface area (Å²) in [7, 11) is 1.59. The van der Waals surface area contributed by atoms with Crippen LogP contribution < -0.4 is 4.74 Å². The zero-order valence-electron chi connectivity index (χ0n) is 11.4. The maximum absolute atomic E-state index is 12.5. The third-order valence-electron chi connectivity index (χ3n) is 3.16. The first kappa shape index (κ1) is 13.1. The van der Waals surface area contributed by atoms with Crippen LogP contribution in [0.25, 0.3) is 11.3 Å². The zero-order chi connectivity index (χ0) is 14.7. The molecule has 0 aliphatic carbocycles. The van der Waals surface area contributed by atoms with Gasteiger partial charge in [-0.15, -0.1) is 0 Å². The fourth-order valence-corrected chi connectivity index (χ4v) is 2.07. The van der Waals surface area contributed by atoms with Gasteiger partial charge in [-0.05, 0) is 24.3 Å². The summed E-state index contributed by atoms with van der Waals surface area (Å²) in [6.45, 7) is 0. The van der Waals surface area contributed by atoms with Gasteiger partial charge < -0.3 is 4.74 Å². The number of hydrogen-bond acceptors (Lipinski definition) is 4. The van der Waals surface area contributed by atoms with Gasteiger partial charge in [-0.2, -0.15) is 15.4 Å². The van der Waals surface area contributed by atoms with Gasteiger partial charge >= 0.3 is 0 Å². The van der Waals surface area contributed by atoms with Crippen LogP contribution in [0.5, 0.6) is 5.75 Å². The molecule has 0 saturated carbocycles. The summed E-state index contributed by atoms with van der Waals surface area (Å²) < 4.78 is 5.09. The fourth-order valence-electron chi connectivity index (χ4n) is 2.07. The van der Waals surface area contributed by atoms with E-state index in [1.807, 2.05) is 30.3 Å². The number of carbonyl (C=O) groups is 1. The number of ketones is 1. The lowest BCUT2D eigenvalue weighted by molar-refractivity contribution is 0.103. The van der Waals surface area contributed by atoms with E-state index in [2.05, 4.69) is 15.4 Å². The second-order valence-corrected chi connectivity index (χ2v) is 4.44. The molecule has 0 aliphatic rings. The highest BCUT2D eigenvalue weighted by Crippen LogP contribution is 2.22. The monoisotopic (exact) mass is 279 g/mol. The topological polar surface area (TPSA) is 67.9 Å². The number of ether oxygens (including phenoxy) is 1. The summed E-state index contributed by atoms with van der Waals surface area (Å²) in [6, 6.07) is 16.4. The van der Waals surface area contributed by atoms with Crippen molar-refractivity contribution in [1.29, 1.82) is 0 Å². The molecule has 3 rings (SSSR count). The Bertz CT molecular complexity index is 749. The summed E-state index contributed by atoms with van der Waals surface area (Å²) in [5.74, 6) is 0.528. The minimum atomic E-state index is -0.176. The molecular weight excluding hydrogens is 266 g/mol. The molecule has 3 aromatic rings. The van der Waals surface area contributed by atoms with Gasteiger partial charge in [0.1, 0.15) is 11.4 Å². The maximum Gasteiger partial charge on any atom is 0.215 e. The van der Waals surface area contributed by atoms with E-state index >= 15 is 0 Å². The van der Waals surface area contributed by atoms with Crippen LogP contribution in [-0.4, -0.2) is 28.3 Å². The molecule has 0 unspecified atom stereocenters. The number of aromatic amines is 1. The third kappa shape index (κ3) is 2.53. The number of benzene rings is 2. The van der Waals surface area contributed by atoms with Crippen molar-refractivity contribution in [3.05, 3.63) is 65.9 Å². The Morgan fingerprint density at radius 2 is 1.71 bits per heavy atom. The average molecular weight is 279 g/mol. The van der Waals surface area contributed by atoms with Gasteiger partial charge in [-0.3, -0.25) is 4.79 Å². The number of aromatic nitrogens is 3. The molecule has 0 radical (unpaired) electrons. The molecule has 5 nitrogen and oxygen atoms in total. The number of methoxy groups -OCH3 is 1. The van der Waals surface area contributed by atoms with Gasteiger partial charge in [-0.1, -0.05) is 30.3 Å². The second-order valence-electron chi connectivity index (χ2n) is 4.44. The smallest absolute Gasteiger partial charge is 0.215 e. The summed E-state index contributed by atoms with van der Waals surface area (Å²) >= 11 is 0. The zero-order valence-corrected chi connectivity index (χ0v) is 11.4. The Morgan fingerprint density at radius 3 is 2.38 bits per heavy atom. The minimum absolute atomic E-state index is 0.176. The SMILES string of the molecule is COc1ccc(C(=O)c2n[nH]nc2-c2ccccc2)cc1. The van der Waals surface area contributed by atoms with Gasteiger partial charge in [0, 0.05) is 11.1 Å². The van der Waals surface area contributed by atoms with Gasteiger partial charge in [0.2, 0.25) is 5.78 Å². The summed E-state index contributed by atoms with van der Waals surface area (Å²) in [6.07, 6.45) is 0. The Morgan fingerprint density at radius 1 is 1.00 bits per heavy atom. The largest absolute Gasteiger partial charge is 0.497 e. The van der Waals surface area contributed by atoms with E-state index in [1.165, 1.54) is 0 Å². The number of H-pyrrole nitrogens is 1. The summed E-state index contributed by atoms with van der Waals surface area (Å²) in [5, 5.41) is 10.6. The van der Waals surface area contributed by atoms with Crippen molar-refractivity contribution in [1.82, 2.24) is 15.4 Å². The highest BCUT2D eigenvalue weighted by Gasteiger charge is 2.19.